The van der Waals surface area contributed by atoms with Gasteiger partial charge < -0.3 is 5.11 Å². The van der Waals surface area contributed by atoms with E-state index in [2.05, 4.69) is 26.5 Å². The number of amides is 1. The number of aromatic hydroxyl groups is 1. The zero-order valence-electron chi connectivity index (χ0n) is 19.5. The molecule has 0 aliphatic heterocycles. The van der Waals surface area contributed by atoms with Crippen LogP contribution in [-0.2, 0) is 17.6 Å². The molecule has 0 fully saturated rings. The maximum Gasteiger partial charge on any atom is 0.267 e. The van der Waals surface area contributed by atoms with E-state index in [9.17, 15) is 14.7 Å². The van der Waals surface area contributed by atoms with Gasteiger partial charge in [-0.3, -0.25) is 14.2 Å². The van der Waals surface area contributed by atoms with Crippen LogP contribution in [0.3, 0.4) is 0 Å². The Morgan fingerprint density at radius 2 is 2.03 bits per heavy atom. The molecular formula is C26H23BrN4O3S2. The second kappa shape index (κ2) is 10.6. The number of thioether (sulfide) groups is 1. The van der Waals surface area contributed by atoms with Crippen LogP contribution in [-0.4, -0.2) is 32.5 Å². The Balaban J connectivity index is 1.43. The lowest BCUT2D eigenvalue weighted by Gasteiger charge is -2.13. The summed E-state index contributed by atoms with van der Waals surface area (Å²) in [6.45, 7) is 2.00. The molecule has 2 N–H and O–H groups in total. The summed E-state index contributed by atoms with van der Waals surface area (Å²) in [5.74, 6) is -0.263. The van der Waals surface area contributed by atoms with Crippen molar-refractivity contribution in [1.82, 2.24) is 15.0 Å². The van der Waals surface area contributed by atoms with Gasteiger partial charge in [-0.1, -0.05) is 45.4 Å². The van der Waals surface area contributed by atoms with Gasteiger partial charge in [0.15, 0.2) is 5.16 Å². The highest BCUT2D eigenvalue weighted by Crippen LogP contribution is 2.35. The van der Waals surface area contributed by atoms with Gasteiger partial charge in [0.25, 0.3) is 11.5 Å². The van der Waals surface area contributed by atoms with Crippen molar-refractivity contribution in [3.8, 4) is 11.4 Å². The number of rotatable bonds is 6. The number of hydrogen-bond acceptors (Lipinski definition) is 7. The van der Waals surface area contributed by atoms with Crippen LogP contribution in [0.5, 0.6) is 5.75 Å². The summed E-state index contributed by atoms with van der Waals surface area (Å²) in [5, 5.41) is 15.0. The van der Waals surface area contributed by atoms with Crippen LogP contribution in [0.4, 0.5) is 0 Å². The Labute approximate surface area is 224 Å². The number of nitrogens with one attached hydrogen (secondary N) is 1. The van der Waals surface area contributed by atoms with Crippen molar-refractivity contribution in [2.75, 3.05) is 5.75 Å². The van der Waals surface area contributed by atoms with Gasteiger partial charge in [-0.25, -0.2) is 10.4 Å². The van der Waals surface area contributed by atoms with E-state index in [1.807, 2.05) is 31.2 Å². The Morgan fingerprint density at radius 1 is 1.25 bits per heavy atom. The lowest BCUT2D eigenvalue weighted by molar-refractivity contribution is -0.118. The van der Waals surface area contributed by atoms with Crippen molar-refractivity contribution in [3.63, 3.8) is 0 Å². The van der Waals surface area contributed by atoms with Crippen molar-refractivity contribution in [2.24, 2.45) is 5.10 Å². The Bertz CT molecular complexity index is 1540. The van der Waals surface area contributed by atoms with Gasteiger partial charge in [-0.05, 0) is 68.5 Å². The van der Waals surface area contributed by atoms with E-state index < -0.39 is 0 Å². The SMILES string of the molecule is Cc1ccc(-n2c(SCC(=O)NN=Cc3cc(Br)ccc3O)nc3sc4c(c3c2=O)CCCC4)cc1. The third kappa shape index (κ3) is 5.11. The number of carbonyl (C=O) groups is 1. The van der Waals surface area contributed by atoms with Crippen LogP contribution in [0.15, 0.2) is 62.0 Å². The summed E-state index contributed by atoms with van der Waals surface area (Å²) in [6.07, 6.45) is 5.48. The highest BCUT2D eigenvalue weighted by molar-refractivity contribution is 9.10. The Hall–Kier alpha value is -2.95. The van der Waals surface area contributed by atoms with Gasteiger partial charge in [0.1, 0.15) is 10.6 Å². The number of halogens is 1. The number of hydrazone groups is 1. The number of hydrogen-bond donors (Lipinski definition) is 2. The first-order valence-electron chi connectivity index (χ1n) is 11.5. The fraction of sp³-hybridized carbons (Fsp3) is 0.231. The minimum Gasteiger partial charge on any atom is -0.507 e. The third-order valence-corrected chi connectivity index (χ3v) is 8.58. The van der Waals surface area contributed by atoms with Crippen LogP contribution in [0, 0.1) is 6.92 Å². The molecule has 0 saturated heterocycles. The molecule has 0 spiro atoms. The predicted molar refractivity (Wildman–Crippen MR) is 149 cm³/mol. The van der Waals surface area contributed by atoms with E-state index in [1.165, 1.54) is 28.9 Å². The van der Waals surface area contributed by atoms with Crippen molar-refractivity contribution >= 4 is 61.4 Å². The number of thiophene rings is 1. The van der Waals surface area contributed by atoms with Gasteiger partial charge >= 0.3 is 0 Å². The summed E-state index contributed by atoms with van der Waals surface area (Å²) >= 11 is 6.13. The van der Waals surface area contributed by atoms with E-state index in [1.54, 1.807) is 28.0 Å². The molecule has 0 bridgehead atoms. The zero-order chi connectivity index (χ0) is 25.2. The second-order valence-corrected chi connectivity index (χ2v) is 11.5. The van der Waals surface area contributed by atoms with Crippen LogP contribution in [0.25, 0.3) is 15.9 Å². The largest absolute Gasteiger partial charge is 0.507 e. The van der Waals surface area contributed by atoms with Gasteiger partial charge in [-0.15, -0.1) is 11.3 Å². The fourth-order valence-corrected chi connectivity index (χ4v) is 6.66. The van der Waals surface area contributed by atoms with E-state index in [0.717, 1.165) is 51.8 Å². The molecule has 184 valence electrons. The number of carbonyl (C=O) groups excluding carboxylic acids is 1. The molecule has 0 radical (unpaired) electrons. The zero-order valence-corrected chi connectivity index (χ0v) is 22.7. The first kappa shape index (κ1) is 24.7. The molecule has 2 aromatic heterocycles. The summed E-state index contributed by atoms with van der Waals surface area (Å²) in [5.41, 5.74) is 5.82. The van der Waals surface area contributed by atoms with Crippen LogP contribution < -0.4 is 11.0 Å². The molecule has 10 heteroatoms. The van der Waals surface area contributed by atoms with Crippen molar-refractivity contribution in [1.29, 1.82) is 0 Å². The third-order valence-electron chi connectivity index (χ3n) is 5.97. The molecular weight excluding hydrogens is 560 g/mol. The van der Waals surface area contributed by atoms with E-state index in [4.69, 9.17) is 4.98 Å². The van der Waals surface area contributed by atoms with Crippen LogP contribution >= 0.6 is 39.0 Å². The second-order valence-electron chi connectivity index (χ2n) is 8.55. The maximum atomic E-state index is 13.8. The summed E-state index contributed by atoms with van der Waals surface area (Å²) in [4.78, 5) is 33.1. The predicted octanol–water partition coefficient (Wildman–Crippen LogP) is 5.34. The van der Waals surface area contributed by atoms with Crippen molar-refractivity contribution in [2.45, 2.75) is 37.8 Å². The summed E-state index contributed by atoms with van der Waals surface area (Å²) in [7, 11) is 0. The standard InChI is InChI=1S/C26H23BrN4O3S2/c1-15-6-9-18(10-7-15)31-25(34)23-19-4-2-3-5-21(19)36-24(23)29-26(31)35-14-22(33)30-28-13-16-12-17(27)8-11-20(16)32/h6-13,32H,2-5,14H2,1H3,(H,30,33). The molecule has 4 aromatic rings. The average molecular weight is 584 g/mol. The quantitative estimate of drug-likeness (QED) is 0.138. The molecule has 1 amide bonds. The smallest absolute Gasteiger partial charge is 0.267 e. The molecule has 1 aliphatic carbocycles. The van der Waals surface area contributed by atoms with Crippen LogP contribution in [0.2, 0.25) is 0 Å². The number of aromatic nitrogens is 2. The minimum atomic E-state index is -0.346. The number of nitrogens with zero attached hydrogens (tertiary/aromatic N) is 3. The minimum absolute atomic E-state index is 0.0245. The fourth-order valence-electron chi connectivity index (χ4n) is 4.17. The number of phenols is 1. The number of aryl methyl sites for hydroxylation is 3. The summed E-state index contributed by atoms with van der Waals surface area (Å²) in [6, 6.07) is 12.7. The molecule has 2 heterocycles. The lowest BCUT2D eigenvalue weighted by Crippen LogP contribution is -2.24. The topological polar surface area (TPSA) is 96.6 Å². The molecule has 0 atom stereocenters. The summed E-state index contributed by atoms with van der Waals surface area (Å²) < 4.78 is 2.40. The highest BCUT2D eigenvalue weighted by Gasteiger charge is 2.23. The molecule has 5 rings (SSSR count). The number of phenolic OH excluding ortho intramolecular Hbond substituents is 1. The molecule has 2 aromatic carbocycles. The Morgan fingerprint density at radius 3 is 2.83 bits per heavy atom. The van der Waals surface area contributed by atoms with Crippen molar-refractivity contribution < 1.29 is 9.90 Å². The van der Waals surface area contributed by atoms with Gasteiger partial charge in [0.05, 0.1) is 23.0 Å². The van der Waals surface area contributed by atoms with Gasteiger partial charge in [0.2, 0.25) is 0 Å². The van der Waals surface area contributed by atoms with E-state index >= 15 is 0 Å². The molecule has 7 nitrogen and oxygen atoms in total. The normalized spacial score (nSPS) is 13.3. The van der Waals surface area contributed by atoms with Gasteiger partial charge in [0, 0.05) is 14.9 Å². The lowest BCUT2D eigenvalue weighted by atomic mass is 9.97. The van der Waals surface area contributed by atoms with E-state index in [0.29, 0.717) is 16.1 Å². The first-order valence-corrected chi connectivity index (χ1v) is 14.1. The Kier molecular flexibility index (Phi) is 7.27. The molecule has 0 saturated carbocycles. The number of fused-ring (bicyclic) bond motifs is 3. The van der Waals surface area contributed by atoms with Crippen molar-refractivity contribution in [3.05, 3.63) is 78.9 Å². The molecule has 1 aliphatic rings. The average Bonchev–Trinajstić information content (AvgIpc) is 3.24. The monoisotopic (exact) mass is 582 g/mol. The van der Waals surface area contributed by atoms with Crippen LogP contribution in [0.1, 0.15) is 34.4 Å². The maximum absolute atomic E-state index is 13.8. The number of benzene rings is 2. The molecule has 0 unspecified atom stereocenters. The molecule has 36 heavy (non-hydrogen) atoms. The first-order chi connectivity index (χ1) is 17.4. The van der Waals surface area contributed by atoms with E-state index in [-0.39, 0.29) is 23.0 Å². The highest BCUT2D eigenvalue weighted by atomic mass is 79.9. The van der Waals surface area contributed by atoms with Gasteiger partial charge in [-0.2, -0.15) is 5.10 Å².